The predicted octanol–water partition coefficient (Wildman–Crippen LogP) is 7.19. The van der Waals surface area contributed by atoms with Crippen LogP contribution in [0.4, 0.5) is 0 Å². The number of rotatable bonds is 12. The van der Waals surface area contributed by atoms with Gasteiger partial charge in [0.2, 0.25) is 0 Å². The highest BCUT2D eigenvalue weighted by molar-refractivity contribution is 6.90. The quantitative estimate of drug-likeness (QED) is 0.172. The third kappa shape index (κ3) is 17.3. The molecule has 0 bridgehead atoms. The third-order valence-electron chi connectivity index (χ3n) is 3.26. The Morgan fingerprint density at radius 3 is 1.33 bits per heavy atom. The number of unbranched alkanes of at least 4 members (excludes halogenated alkanes) is 2. The fourth-order valence-electron chi connectivity index (χ4n) is 3.36. The maximum Gasteiger partial charge on any atom is 0.315 e. The Labute approximate surface area is 176 Å². The van der Waals surface area contributed by atoms with E-state index in [1.54, 1.807) is 0 Å². The summed E-state index contributed by atoms with van der Waals surface area (Å²) in [6.45, 7) is 32.5. The molecule has 0 aromatic carbocycles. The molecule has 9 heteroatoms. The van der Waals surface area contributed by atoms with Crippen LogP contribution in [0.25, 0.3) is 0 Å². The SMILES string of the molecule is C=C.CCCCC[Si](C)(O[Si](C)(C)C)O[Si](C)(C)O[Si](C)(C)O[Si](C)(C)C. The van der Waals surface area contributed by atoms with Gasteiger partial charge in [0.1, 0.15) is 0 Å². The van der Waals surface area contributed by atoms with Crippen LogP contribution in [-0.4, -0.2) is 42.3 Å². The van der Waals surface area contributed by atoms with Crippen molar-refractivity contribution < 1.29 is 16.5 Å². The molecule has 0 N–H and O–H groups in total. The fraction of sp³-hybridized carbons (Fsp3) is 0.889. The monoisotopic (exact) mass is 468 g/mol. The molecule has 0 spiro atoms. The summed E-state index contributed by atoms with van der Waals surface area (Å²) in [5, 5.41) is 0. The van der Waals surface area contributed by atoms with Crippen LogP contribution in [0.3, 0.4) is 0 Å². The lowest BCUT2D eigenvalue weighted by Gasteiger charge is -2.42. The summed E-state index contributed by atoms with van der Waals surface area (Å²) in [6, 6.07) is 1.06. The van der Waals surface area contributed by atoms with E-state index >= 15 is 0 Å². The molecule has 4 nitrogen and oxygen atoms in total. The Morgan fingerprint density at radius 1 is 0.556 bits per heavy atom. The van der Waals surface area contributed by atoms with Gasteiger partial charge < -0.3 is 16.5 Å². The lowest BCUT2D eigenvalue weighted by Crippen LogP contribution is -2.59. The second-order valence-electron chi connectivity index (χ2n) is 10.0. The summed E-state index contributed by atoms with van der Waals surface area (Å²) in [5.74, 6) is 0. The molecule has 1 unspecified atom stereocenters. The molecule has 0 aromatic rings. The molecule has 0 saturated carbocycles. The van der Waals surface area contributed by atoms with Gasteiger partial charge in [0.05, 0.1) is 0 Å². The number of hydrogen-bond acceptors (Lipinski definition) is 4. The van der Waals surface area contributed by atoms with E-state index in [0.717, 1.165) is 6.04 Å². The zero-order valence-electron chi connectivity index (χ0n) is 20.4. The van der Waals surface area contributed by atoms with E-state index in [4.69, 9.17) is 16.5 Å². The molecule has 0 heterocycles. The van der Waals surface area contributed by atoms with Gasteiger partial charge in [-0.15, -0.1) is 13.2 Å². The van der Waals surface area contributed by atoms with E-state index in [1.165, 1.54) is 19.3 Å². The molecule has 0 fully saturated rings. The summed E-state index contributed by atoms with van der Waals surface area (Å²) in [4.78, 5) is 0. The van der Waals surface area contributed by atoms with Crippen LogP contribution in [0.2, 0.25) is 78.1 Å². The summed E-state index contributed by atoms with van der Waals surface area (Å²) in [6.07, 6.45) is 3.64. The van der Waals surface area contributed by atoms with Crippen molar-refractivity contribution >= 4 is 42.3 Å². The maximum absolute atomic E-state index is 6.74. The summed E-state index contributed by atoms with van der Waals surface area (Å²) < 4.78 is 26.3. The minimum Gasteiger partial charge on any atom is -0.437 e. The summed E-state index contributed by atoms with van der Waals surface area (Å²) in [5.41, 5.74) is 0. The number of hydrogen-bond donors (Lipinski definition) is 0. The van der Waals surface area contributed by atoms with Crippen LogP contribution >= 0.6 is 0 Å². The van der Waals surface area contributed by atoms with Crippen LogP contribution in [-0.2, 0) is 16.5 Å². The first kappa shape index (κ1) is 29.9. The van der Waals surface area contributed by atoms with Crippen LogP contribution in [0, 0.1) is 0 Å². The first-order valence-corrected chi connectivity index (χ1v) is 25.2. The van der Waals surface area contributed by atoms with Crippen LogP contribution in [0.5, 0.6) is 0 Å². The second-order valence-corrected chi connectivity index (χ2v) is 30.1. The average molecular weight is 469 g/mol. The zero-order valence-corrected chi connectivity index (χ0v) is 25.4. The molecular weight excluding hydrogens is 421 g/mol. The van der Waals surface area contributed by atoms with Gasteiger partial charge in [-0.2, -0.15) is 0 Å². The zero-order chi connectivity index (χ0) is 22.2. The average Bonchev–Trinajstić information content (AvgIpc) is 2.33. The normalized spacial score (nSPS) is 15.7. The van der Waals surface area contributed by atoms with Gasteiger partial charge >= 0.3 is 25.7 Å². The Bertz CT molecular complexity index is 419. The van der Waals surface area contributed by atoms with Crippen molar-refractivity contribution in [3.05, 3.63) is 13.2 Å². The van der Waals surface area contributed by atoms with Crippen LogP contribution in [0.15, 0.2) is 13.2 Å². The molecular formula is C18H48O4Si5. The van der Waals surface area contributed by atoms with Crippen molar-refractivity contribution in [1.82, 2.24) is 0 Å². The van der Waals surface area contributed by atoms with Crippen molar-refractivity contribution in [2.24, 2.45) is 0 Å². The smallest absolute Gasteiger partial charge is 0.315 e. The fourth-order valence-corrected chi connectivity index (χ4v) is 26.7. The first-order chi connectivity index (χ1) is 11.9. The van der Waals surface area contributed by atoms with Gasteiger partial charge in [0.25, 0.3) is 0 Å². The highest BCUT2D eigenvalue weighted by atomic mass is 28.5. The maximum atomic E-state index is 6.74. The van der Waals surface area contributed by atoms with Crippen molar-refractivity contribution in [2.75, 3.05) is 0 Å². The molecule has 0 saturated heterocycles. The predicted molar refractivity (Wildman–Crippen MR) is 133 cm³/mol. The van der Waals surface area contributed by atoms with Gasteiger partial charge in [0.15, 0.2) is 16.6 Å². The molecule has 0 aromatic heterocycles. The van der Waals surface area contributed by atoms with E-state index in [2.05, 4.69) is 92.1 Å². The van der Waals surface area contributed by atoms with Gasteiger partial charge in [0, 0.05) is 0 Å². The summed E-state index contributed by atoms with van der Waals surface area (Å²) in [7, 11) is -10.0. The third-order valence-corrected chi connectivity index (χ3v) is 20.7. The lowest BCUT2D eigenvalue weighted by molar-refractivity contribution is 0.294. The molecule has 164 valence electrons. The van der Waals surface area contributed by atoms with Gasteiger partial charge in [-0.05, 0) is 78.1 Å². The topological polar surface area (TPSA) is 36.9 Å². The molecule has 0 rings (SSSR count). The molecule has 27 heavy (non-hydrogen) atoms. The minimum absolute atomic E-state index is 1.06. The highest BCUT2D eigenvalue weighted by Crippen LogP contribution is 2.29. The van der Waals surface area contributed by atoms with Crippen molar-refractivity contribution in [3.63, 3.8) is 0 Å². The van der Waals surface area contributed by atoms with Gasteiger partial charge in [-0.25, -0.2) is 0 Å². The Kier molecular flexibility index (Phi) is 13.0. The molecule has 0 aliphatic carbocycles. The minimum atomic E-state index is -2.32. The molecule has 0 aliphatic heterocycles. The van der Waals surface area contributed by atoms with E-state index < -0.39 is 42.3 Å². The van der Waals surface area contributed by atoms with E-state index in [1.807, 2.05) is 0 Å². The largest absolute Gasteiger partial charge is 0.437 e. The summed E-state index contributed by atoms with van der Waals surface area (Å²) >= 11 is 0. The molecule has 0 aliphatic rings. The standard InChI is InChI=1S/C16H44O4Si5.C2H4/c1-13-14-15-16-25(12,18-22(5,6)7)20-24(10,11)19-23(8,9)17-21(2,3)4;1-2/h13-16H2,1-12H3;1-2H2. The van der Waals surface area contributed by atoms with Crippen molar-refractivity contribution in [2.45, 2.75) is 104 Å². The first-order valence-electron chi connectivity index (χ1n) is 10.2. The second kappa shape index (κ2) is 11.7. The van der Waals surface area contributed by atoms with Crippen LogP contribution < -0.4 is 0 Å². The van der Waals surface area contributed by atoms with Crippen molar-refractivity contribution in [1.29, 1.82) is 0 Å². The van der Waals surface area contributed by atoms with E-state index in [-0.39, 0.29) is 0 Å². The molecule has 1 atom stereocenters. The molecule has 0 radical (unpaired) electrons. The Balaban J connectivity index is 0. The Morgan fingerprint density at radius 2 is 0.963 bits per heavy atom. The van der Waals surface area contributed by atoms with Crippen LogP contribution in [0.1, 0.15) is 26.2 Å². The Hall–Kier alpha value is 0.664. The van der Waals surface area contributed by atoms with Gasteiger partial charge in [-0.1, -0.05) is 26.2 Å². The highest BCUT2D eigenvalue weighted by Gasteiger charge is 2.46. The van der Waals surface area contributed by atoms with E-state index in [9.17, 15) is 0 Å². The molecule has 0 amide bonds. The van der Waals surface area contributed by atoms with Gasteiger partial charge in [-0.3, -0.25) is 0 Å². The lowest BCUT2D eigenvalue weighted by atomic mass is 10.3. The van der Waals surface area contributed by atoms with Crippen molar-refractivity contribution in [3.8, 4) is 0 Å². The van der Waals surface area contributed by atoms with E-state index in [0.29, 0.717) is 0 Å².